The number of nitrogens with zero attached hydrogens (tertiary/aromatic N) is 5. The molecule has 0 atom stereocenters. The van der Waals surface area contributed by atoms with Crippen LogP contribution < -0.4 is 10.5 Å². The van der Waals surface area contributed by atoms with Gasteiger partial charge >= 0.3 is 5.56 Å². The lowest BCUT2D eigenvalue weighted by Crippen LogP contribution is -2.30. The van der Waals surface area contributed by atoms with Crippen LogP contribution in [0.5, 0.6) is 0 Å². The highest BCUT2D eigenvalue weighted by atomic mass is 16.1. The number of hydrogen-bond donors (Lipinski definition) is 0. The van der Waals surface area contributed by atoms with E-state index in [-0.39, 0.29) is 5.56 Å². The average molecular weight is 409 g/mol. The van der Waals surface area contributed by atoms with Crippen molar-refractivity contribution in [3.8, 4) is 0 Å². The number of benzene rings is 2. The zero-order chi connectivity index (χ0) is 21.5. The summed E-state index contributed by atoms with van der Waals surface area (Å²) >= 11 is 0. The minimum atomic E-state index is -0.148. The van der Waals surface area contributed by atoms with Crippen molar-refractivity contribution in [2.45, 2.75) is 20.4 Å². The summed E-state index contributed by atoms with van der Waals surface area (Å²) in [5.74, 6) is 0.705. The normalized spacial score (nSPS) is 11.8. The zero-order valence-corrected chi connectivity index (χ0v) is 17.3. The predicted octanol–water partition coefficient (Wildman–Crippen LogP) is 3.40. The van der Waals surface area contributed by atoms with E-state index in [1.54, 1.807) is 21.5 Å². The van der Waals surface area contributed by atoms with E-state index in [1.807, 2.05) is 62.4 Å². The number of hydrogen-bond acceptors (Lipinski definition) is 4. The second-order valence-electron chi connectivity index (χ2n) is 7.49. The van der Waals surface area contributed by atoms with Gasteiger partial charge in [-0.2, -0.15) is 0 Å². The predicted molar refractivity (Wildman–Crippen MR) is 122 cm³/mol. The lowest BCUT2D eigenvalue weighted by atomic mass is 10.2. The summed E-state index contributed by atoms with van der Waals surface area (Å²) in [6.07, 6.45) is 3.46. The molecule has 0 bridgehead atoms. The molecule has 3 heterocycles. The van der Waals surface area contributed by atoms with Gasteiger partial charge in [0.1, 0.15) is 5.52 Å². The number of allylic oxidation sites excluding steroid dienone is 1. The highest BCUT2D eigenvalue weighted by Gasteiger charge is 2.25. The number of H-pyrrole nitrogens is 1. The number of aromatic nitrogens is 5. The molecule has 0 saturated heterocycles. The van der Waals surface area contributed by atoms with Gasteiger partial charge in [-0.3, -0.25) is 0 Å². The minimum Gasteiger partial charge on any atom is -0.250 e. The lowest BCUT2D eigenvalue weighted by Gasteiger charge is -2.01. The van der Waals surface area contributed by atoms with E-state index in [1.165, 1.54) is 0 Å². The third-order valence-electron chi connectivity index (χ3n) is 5.28. The van der Waals surface area contributed by atoms with Crippen LogP contribution >= 0.6 is 0 Å². The molecule has 5 rings (SSSR count). The summed E-state index contributed by atoms with van der Waals surface area (Å²) in [6, 6.07) is 15.7. The van der Waals surface area contributed by atoms with E-state index >= 15 is 0 Å². The molecule has 0 unspecified atom stereocenters. The van der Waals surface area contributed by atoms with Gasteiger partial charge in [0, 0.05) is 6.92 Å². The summed E-state index contributed by atoms with van der Waals surface area (Å²) in [7, 11) is 0. The maximum atomic E-state index is 13.4. The van der Waals surface area contributed by atoms with Crippen molar-refractivity contribution in [1.29, 1.82) is 0 Å². The Hall–Kier alpha value is -4.13. The third kappa shape index (κ3) is 3.11. The number of para-hydroxylation sites is 2. The summed E-state index contributed by atoms with van der Waals surface area (Å²) in [5, 5.41) is 5.15. The number of aryl methyl sites for hydroxylation is 2. The van der Waals surface area contributed by atoms with Gasteiger partial charge in [0.05, 0.1) is 23.8 Å². The van der Waals surface area contributed by atoms with Gasteiger partial charge in [0.2, 0.25) is 11.5 Å². The Morgan fingerprint density at radius 1 is 1.10 bits per heavy atom. The van der Waals surface area contributed by atoms with Crippen LogP contribution in [0.1, 0.15) is 17.0 Å². The van der Waals surface area contributed by atoms with Gasteiger partial charge in [-0.15, -0.1) is 9.78 Å². The molecule has 5 aromatic rings. The van der Waals surface area contributed by atoms with Crippen molar-refractivity contribution in [1.82, 2.24) is 19.2 Å². The van der Waals surface area contributed by atoms with Gasteiger partial charge in [-0.1, -0.05) is 54.6 Å². The van der Waals surface area contributed by atoms with Crippen LogP contribution in [-0.4, -0.2) is 25.4 Å². The topological polar surface area (TPSA) is 79.2 Å². The molecule has 0 amide bonds. The second kappa shape index (κ2) is 7.28. The number of rotatable bonds is 4. The molecule has 0 spiro atoms. The van der Waals surface area contributed by atoms with E-state index in [9.17, 15) is 4.79 Å². The molecule has 31 heavy (non-hydrogen) atoms. The molecular weight excluding hydrogens is 388 g/mol. The van der Waals surface area contributed by atoms with Crippen LogP contribution in [0.3, 0.4) is 0 Å². The fraction of sp³-hybridized carbons (Fsp3) is 0.125. The summed E-state index contributed by atoms with van der Waals surface area (Å²) in [4.78, 5) is 26.3. The molecule has 3 aromatic heterocycles. The summed E-state index contributed by atoms with van der Waals surface area (Å²) < 4.78 is 3.30. The van der Waals surface area contributed by atoms with E-state index in [4.69, 9.17) is 9.97 Å². The Morgan fingerprint density at radius 2 is 1.87 bits per heavy atom. The van der Waals surface area contributed by atoms with Crippen LogP contribution in [0.2, 0.25) is 0 Å². The lowest BCUT2D eigenvalue weighted by molar-refractivity contribution is -0.368. The van der Waals surface area contributed by atoms with Crippen molar-refractivity contribution in [2.24, 2.45) is 5.10 Å². The first-order chi connectivity index (χ1) is 15.1. The molecule has 0 saturated carbocycles. The van der Waals surface area contributed by atoms with Crippen molar-refractivity contribution in [3.05, 3.63) is 88.5 Å². The molecule has 152 valence electrons. The first-order valence-corrected chi connectivity index (χ1v) is 10.0. The van der Waals surface area contributed by atoms with Crippen molar-refractivity contribution < 1.29 is 4.98 Å². The Morgan fingerprint density at radius 3 is 2.61 bits per heavy atom. The number of fused-ring (bicyclic) bond motifs is 4. The van der Waals surface area contributed by atoms with Crippen LogP contribution in [0.15, 0.2) is 71.1 Å². The van der Waals surface area contributed by atoms with Gasteiger partial charge in [0.15, 0.2) is 5.39 Å². The molecule has 0 aliphatic carbocycles. The zero-order valence-electron chi connectivity index (χ0n) is 17.3. The smallest absolute Gasteiger partial charge is 0.250 e. The molecule has 2 aromatic carbocycles. The van der Waals surface area contributed by atoms with Gasteiger partial charge in [0.25, 0.3) is 5.65 Å². The highest BCUT2D eigenvalue weighted by molar-refractivity contribution is 6.03. The first-order valence-electron chi connectivity index (χ1n) is 10.0. The van der Waals surface area contributed by atoms with Gasteiger partial charge in [-0.05, 0) is 24.6 Å². The molecule has 0 fully saturated rings. The molecule has 0 aliphatic rings. The maximum absolute atomic E-state index is 13.4. The fourth-order valence-electron chi connectivity index (χ4n) is 3.81. The van der Waals surface area contributed by atoms with Crippen molar-refractivity contribution in [3.63, 3.8) is 0 Å². The molecule has 7 nitrogen and oxygen atoms in total. The Labute approximate surface area is 178 Å². The Kier molecular flexibility index (Phi) is 4.43. The number of aromatic amines is 1. The highest BCUT2D eigenvalue weighted by Crippen LogP contribution is 2.24. The van der Waals surface area contributed by atoms with E-state index in [0.29, 0.717) is 34.6 Å². The monoisotopic (exact) mass is 409 g/mol. The molecule has 1 N–H and O–H groups in total. The van der Waals surface area contributed by atoms with Crippen LogP contribution in [0, 0.1) is 13.8 Å². The largest absolute Gasteiger partial charge is 0.323 e. The number of nitrogens with one attached hydrogen (secondary N) is 1. The Balaban J connectivity index is 1.88. The van der Waals surface area contributed by atoms with E-state index in [0.717, 1.165) is 22.2 Å². The molecule has 0 radical (unpaired) electrons. The summed E-state index contributed by atoms with van der Waals surface area (Å²) in [5.41, 5.74) is 5.05. The molecule has 7 heteroatoms. The Bertz CT molecular complexity index is 1570. The maximum Gasteiger partial charge on any atom is 0.323 e. The fourth-order valence-corrected chi connectivity index (χ4v) is 3.81. The standard InChI is InChI=1S/C24H20N6O/c1-4-12-29-16(3)26-22-20(24(29)31)21-23(28-19-11-6-5-10-18(19)27-21)30(22)25-14-17-9-7-8-15(2)13-17/h4-11,13-14H,1,12H2,2-3H3/p+1. The average Bonchev–Trinajstić information content (AvgIpc) is 3.05. The van der Waals surface area contributed by atoms with Crippen LogP contribution in [0.25, 0.3) is 33.2 Å². The van der Waals surface area contributed by atoms with Crippen molar-refractivity contribution >= 4 is 39.4 Å². The third-order valence-corrected chi connectivity index (χ3v) is 5.28. The molecular formula is C24H21N6O+. The van der Waals surface area contributed by atoms with E-state index in [2.05, 4.69) is 16.7 Å². The van der Waals surface area contributed by atoms with Crippen LogP contribution in [-0.2, 0) is 6.54 Å². The second-order valence-corrected chi connectivity index (χ2v) is 7.49. The summed E-state index contributed by atoms with van der Waals surface area (Å²) in [6.45, 7) is 8.06. The first kappa shape index (κ1) is 18.9. The van der Waals surface area contributed by atoms with E-state index < -0.39 is 0 Å². The molecule has 0 aliphatic heterocycles. The SMILES string of the molecule is C=CCn1c(C)[nH+]c2c(c1=O)c1nc3ccccc3nc1n2N=Cc1cccc(C)c1. The quantitative estimate of drug-likeness (QED) is 0.337. The van der Waals surface area contributed by atoms with Crippen molar-refractivity contribution in [2.75, 3.05) is 0 Å². The van der Waals surface area contributed by atoms with Gasteiger partial charge in [-0.25, -0.2) is 24.3 Å². The minimum absolute atomic E-state index is 0.148. The van der Waals surface area contributed by atoms with Crippen LogP contribution in [0.4, 0.5) is 0 Å². The van der Waals surface area contributed by atoms with Gasteiger partial charge < -0.3 is 0 Å².